The van der Waals surface area contributed by atoms with Crippen LogP contribution in [0.2, 0.25) is 0 Å². The number of nitrogens with one attached hydrogen (secondary N) is 2. The molecule has 0 radical (unpaired) electrons. The molecule has 1 unspecified atom stereocenters. The van der Waals surface area contributed by atoms with E-state index >= 15 is 0 Å². The molecule has 0 amide bonds. The molecule has 0 aliphatic carbocycles. The van der Waals surface area contributed by atoms with E-state index in [9.17, 15) is 0 Å². The largest absolute Gasteiger partial charge is 0.383 e. The molecule has 5 heteroatoms. The lowest BCUT2D eigenvalue weighted by molar-refractivity contribution is 0.203. The fourth-order valence-electron chi connectivity index (χ4n) is 1.60. The third kappa shape index (κ3) is 7.40. The van der Waals surface area contributed by atoms with Crippen LogP contribution in [0.15, 0.2) is 40.2 Å². The molecule has 0 aromatic heterocycles. The van der Waals surface area contributed by atoms with Crippen molar-refractivity contribution in [1.29, 1.82) is 0 Å². The fourth-order valence-corrected chi connectivity index (χ4v) is 2.53. The number of methoxy groups -OCH3 is 1. The molecule has 20 heavy (non-hydrogen) atoms. The van der Waals surface area contributed by atoms with E-state index in [0.717, 1.165) is 25.6 Å². The van der Waals surface area contributed by atoms with Crippen LogP contribution in [0.4, 0.5) is 0 Å². The minimum absolute atomic E-state index is 0.440. The second kappa shape index (κ2) is 10.6. The Labute approximate surface area is 126 Å². The lowest BCUT2D eigenvalue weighted by Gasteiger charge is -2.13. The highest BCUT2D eigenvalue weighted by Gasteiger charge is 2.04. The molecule has 0 saturated heterocycles. The SMILES string of the molecule is CCNC(=NCC(C)Sc1ccccc1)NCCOC. The molecule has 0 saturated carbocycles. The molecule has 112 valence electrons. The van der Waals surface area contributed by atoms with Gasteiger partial charge in [0, 0.05) is 30.3 Å². The molecule has 0 spiro atoms. The van der Waals surface area contributed by atoms with E-state index in [1.54, 1.807) is 7.11 Å². The van der Waals surface area contributed by atoms with Crippen LogP contribution in [-0.2, 0) is 4.74 Å². The molecule has 2 N–H and O–H groups in total. The van der Waals surface area contributed by atoms with Crippen LogP contribution in [0.25, 0.3) is 0 Å². The number of guanidine groups is 1. The van der Waals surface area contributed by atoms with Gasteiger partial charge in [0.25, 0.3) is 0 Å². The van der Waals surface area contributed by atoms with Crippen molar-refractivity contribution in [1.82, 2.24) is 10.6 Å². The Morgan fingerprint density at radius 3 is 2.70 bits per heavy atom. The monoisotopic (exact) mass is 295 g/mol. The molecule has 4 nitrogen and oxygen atoms in total. The van der Waals surface area contributed by atoms with Gasteiger partial charge in [-0.25, -0.2) is 0 Å². The molecule has 0 fully saturated rings. The first-order valence-corrected chi connectivity index (χ1v) is 7.87. The number of benzene rings is 1. The van der Waals surface area contributed by atoms with Crippen molar-refractivity contribution in [2.24, 2.45) is 4.99 Å². The van der Waals surface area contributed by atoms with Gasteiger partial charge in [-0.15, -0.1) is 11.8 Å². The van der Waals surface area contributed by atoms with Gasteiger partial charge in [-0.05, 0) is 19.1 Å². The van der Waals surface area contributed by atoms with Crippen molar-refractivity contribution in [3.05, 3.63) is 30.3 Å². The number of hydrogen-bond acceptors (Lipinski definition) is 3. The molecule has 0 aliphatic heterocycles. The molecular weight excluding hydrogens is 270 g/mol. The van der Waals surface area contributed by atoms with Gasteiger partial charge in [-0.3, -0.25) is 4.99 Å². The predicted molar refractivity (Wildman–Crippen MR) is 87.6 cm³/mol. The predicted octanol–water partition coefficient (Wildman–Crippen LogP) is 2.37. The Kier molecular flexibility index (Phi) is 8.91. The third-order valence-corrected chi connectivity index (χ3v) is 3.63. The second-order valence-electron chi connectivity index (χ2n) is 4.38. The van der Waals surface area contributed by atoms with Crippen LogP contribution in [-0.4, -0.2) is 44.6 Å². The van der Waals surface area contributed by atoms with Gasteiger partial charge in [0.2, 0.25) is 0 Å². The van der Waals surface area contributed by atoms with E-state index in [4.69, 9.17) is 4.74 Å². The summed E-state index contributed by atoms with van der Waals surface area (Å²) >= 11 is 1.84. The lowest BCUT2D eigenvalue weighted by Crippen LogP contribution is -2.39. The van der Waals surface area contributed by atoms with E-state index in [-0.39, 0.29) is 0 Å². The number of hydrogen-bond donors (Lipinski definition) is 2. The maximum Gasteiger partial charge on any atom is 0.191 e. The van der Waals surface area contributed by atoms with Crippen molar-refractivity contribution in [3.8, 4) is 0 Å². The highest BCUT2D eigenvalue weighted by molar-refractivity contribution is 8.00. The summed E-state index contributed by atoms with van der Waals surface area (Å²) in [6.07, 6.45) is 0. The van der Waals surface area contributed by atoms with Gasteiger partial charge < -0.3 is 15.4 Å². The summed E-state index contributed by atoms with van der Waals surface area (Å²) in [6.45, 7) is 7.34. The van der Waals surface area contributed by atoms with Crippen LogP contribution in [0.1, 0.15) is 13.8 Å². The van der Waals surface area contributed by atoms with Gasteiger partial charge >= 0.3 is 0 Å². The number of rotatable bonds is 8. The summed E-state index contributed by atoms with van der Waals surface area (Å²) in [6, 6.07) is 10.4. The first-order chi connectivity index (χ1) is 9.76. The Balaban J connectivity index is 2.40. The minimum Gasteiger partial charge on any atom is -0.383 e. The van der Waals surface area contributed by atoms with Gasteiger partial charge in [0.05, 0.1) is 13.2 Å². The van der Waals surface area contributed by atoms with Crippen LogP contribution in [0.3, 0.4) is 0 Å². The Bertz CT molecular complexity index is 384. The first kappa shape index (κ1) is 16.9. The Morgan fingerprint density at radius 1 is 1.30 bits per heavy atom. The van der Waals surface area contributed by atoms with Crippen LogP contribution in [0, 0.1) is 0 Å². The van der Waals surface area contributed by atoms with E-state index < -0.39 is 0 Å². The molecule has 0 heterocycles. The summed E-state index contributed by atoms with van der Waals surface area (Å²) in [5.41, 5.74) is 0. The Hall–Kier alpha value is -1.20. The van der Waals surface area contributed by atoms with Gasteiger partial charge in [-0.1, -0.05) is 25.1 Å². The van der Waals surface area contributed by atoms with Crippen molar-refractivity contribution >= 4 is 17.7 Å². The minimum atomic E-state index is 0.440. The normalized spacial score (nSPS) is 13.1. The first-order valence-electron chi connectivity index (χ1n) is 6.99. The average molecular weight is 295 g/mol. The van der Waals surface area contributed by atoms with E-state index in [1.165, 1.54) is 4.90 Å². The number of nitrogens with zero attached hydrogens (tertiary/aromatic N) is 1. The van der Waals surface area contributed by atoms with Crippen molar-refractivity contribution in [2.75, 3.05) is 33.4 Å². The van der Waals surface area contributed by atoms with Crippen LogP contribution < -0.4 is 10.6 Å². The third-order valence-electron chi connectivity index (χ3n) is 2.53. The topological polar surface area (TPSA) is 45.7 Å². The number of thioether (sulfide) groups is 1. The smallest absolute Gasteiger partial charge is 0.191 e. The Morgan fingerprint density at radius 2 is 2.05 bits per heavy atom. The number of aliphatic imine (C=N–C) groups is 1. The fraction of sp³-hybridized carbons (Fsp3) is 0.533. The summed E-state index contributed by atoms with van der Waals surface area (Å²) in [4.78, 5) is 5.88. The standard InChI is InChI=1S/C15H25N3OS/c1-4-16-15(17-10-11-19-3)18-12-13(2)20-14-8-6-5-7-9-14/h5-9,13H,4,10-12H2,1-3H3,(H2,16,17,18). The highest BCUT2D eigenvalue weighted by atomic mass is 32.2. The van der Waals surface area contributed by atoms with Crippen molar-refractivity contribution < 1.29 is 4.74 Å². The summed E-state index contributed by atoms with van der Waals surface area (Å²) in [5, 5.41) is 6.92. The average Bonchev–Trinajstić information content (AvgIpc) is 2.46. The van der Waals surface area contributed by atoms with Crippen molar-refractivity contribution in [2.45, 2.75) is 24.0 Å². The molecule has 1 aromatic rings. The molecule has 0 aliphatic rings. The van der Waals surface area contributed by atoms with Gasteiger partial charge in [0.15, 0.2) is 5.96 Å². The van der Waals surface area contributed by atoms with Crippen molar-refractivity contribution in [3.63, 3.8) is 0 Å². The van der Waals surface area contributed by atoms with Gasteiger partial charge in [-0.2, -0.15) is 0 Å². The number of ether oxygens (including phenoxy) is 1. The van der Waals surface area contributed by atoms with Gasteiger partial charge in [0.1, 0.15) is 0 Å². The van der Waals surface area contributed by atoms with E-state index in [1.807, 2.05) is 17.8 Å². The second-order valence-corrected chi connectivity index (χ2v) is 5.89. The zero-order valence-corrected chi connectivity index (χ0v) is 13.4. The maximum atomic E-state index is 5.03. The summed E-state index contributed by atoms with van der Waals surface area (Å²) < 4.78 is 5.03. The molecule has 1 atom stereocenters. The van der Waals surface area contributed by atoms with Crippen LogP contribution in [0.5, 0.6) is 0 Å². The highest BCUT2D eigenvalue weighted by Crippen LogP contribution is 2.22. The van der Waals surface area contributed by atoms with Crippen LogP contribution >= 0.6 is 11.8 Å². The molecule has 1 rings (SSSR count). The quantitative estimate of drug-likeness (QED) is 0.334. The van der Waals surface area contributed by atoms with E-state index in [0.29, 0.717) is 11.9 Å². The zero-order chi connectivity index (χ0) is 14.6. The summed E-state index contributed by atoms with van der Waals surface area (Å²) in [5.74, 6) is 0.852. The lowest BCUT2D eigenvalue weighted by atomic mass is 10.4. The zero-order valence-electron chi connectivity index (χ0n) is 12.6. The molecular formula is C15H25N3OS. The molecule has 1 aromatic carbocycles. The summed E-state index contributed by atoms with van der Waals surface area (Å²) in [7, 11) is 1.70. The molecule has 0 bridgehead atoms. The van der Waals surface area contributed by atoms with E-state index in [2.05, 4.69) is 53.7 Å². The maximum absolute atomic E-state index is 5.03.